The van der Waals surface area contributed by atoms with E-state index >= 15 is 0 Å². The molecule has 0 aliphatic carbocycles. The zero-order valence-electron chi connectivity index (χ0n) is 23.6. The van der Waals surface area contributed by atoms with Crippen LogP contribution in [0, 0.1) is 0 Å². The average molecular weight is 501 g/mol. The van der Waals surface area contributed by atoms with Gasteiger partial charge in [-0.3, -0.25) is 0 Å². The Morgan fingerprint density at radius 1 is 0.595 bits per heavy atom. The molecule has 0 saturated heterocycles. The van der Waals surface area contributed by atoms with E-state index in [9.17, 15) is 0 Å². The van der Waals surface area contributed by atoms with Crippen molar-refractivity contribution in [3.05, 3.63) is 72.1 Å². The fraction of sp³-hybridized carbons (Fsp3) is 0.529. The van der Waals surface area contributed by atoms with Crippen LogP contribution in [0.3, 0.4) is 0 Å². The second-order valence-electron chi connectivity index (χ2n) is 10.5. The summed E-state index contributed by atoms with van der Waals surface area (Å²) < 4.78 is 6.05. The first-order valence-electron chi connectivity index (χ1n) is 14.8. The fourth-order valence-electron chi connectivity index (χ4n) is 4.74. The van der Waals surface area contributed by atoms with E-state index in [1.54, 1.807) is 0 Å². The van der Waals surface area contributed by atoms with E-state index < -0.39 is 0 Å². The Balaban J connectivity index is 1.42. The van der Waals surface area contributed by atoms with Gasteiger partial charge in [-0.2, -0.15) is 0 Å². The van der Waals surface area contributed by atoms with Gasteiger partial charge in [0.15, 0.2) is 5.82 Å². The van der Waals surface area contributed by atoms with Crippen LogP contribution in [-0.4, -0.2) is 22.7 Å². The van der Waals surface area contributed by atoms with Crippen LogP contribution < -0.4 is 0 Å². The van der Waals surface area contributed by atoms with E-state index in [2.05, 4.69) is 79.3 Å². The Bertz CT molecular complexity index is 980. The number of hydrogen-bond acceptors (Lipinski definition) is 3. The Hall–Kier alpha value is -2.52. The highest BCUT2D eigenvalue weighted by atomic mass is 16.5. The molecule has 3 aromatic rings. The van der Waals surface area contributed by atoms with Gasteiger partial charge in [0.2, 0.25) is 0 Å². The van der Waals surface area contributed by atoms with Gasteiger partial charge in [-0.1, -0.05) is 120 Å². The Morgan fingerprint density at radius 2 is 1.14 bits per heavy atom. The summed E-state index contributed by atoms with van der Waals surface area (Å²) in [5.74, 6) is 0.798. The molecular weight excluding hydrogens is 452 g/mol. The lowest BCUT2D eigenvalue weighted by atomic mass is 10.0. The van der Waals surface area contributed by atoms with E-state index in [0.717, 1.165) is 30.8 Å². The standard InChI is InChI=1S/C34H48N2O/c1-4-6-8-10-12-14-28(3)37-25-24-29-16-18-31(19-17-29)32-20-22-33(23-21-32)34-35-26-30(27-36-34)15-13-11-9-7-5-2/h16-23,26-28H,4-15,24-25H2,1-3H3/t28-/m1/s1. The predicted molar refractivity (Wildman–Crippen MR) is 158 cm³/mol. The molecule has 0 N–H and O–H groups in total. The normalized spacial score (nSPS) is 12.1. The molecule has 0 spiro atoms. The maximum absolute atomic E-state index is 6.05. The van der Waals surface area contributed by atoms with Gasteiger partial charge in [-0.15, -0.1) is 0 Å². The molecule has 1 heterocycles. The van der Waals surface area contributed by atoms with E-state index in [1.165, 1.54) is 92.9 Å². The molecule has 0 aliphatic rings. The molecule has 3 nitrogen and oxygen atoms in total. The van der Waals surface area contributed by atoms with Gasteiger partial charge in [-0.25, -0.2) is 9.97 Å². The zero-order chi connectivity index (χ0) is 26.1. The van der Waals surface area contributed by atoms with Crippen LogP contribution in [0.4, 0.5) is 0 Å². The van der Waals surface area contributed by atoms with Gasteiger partial charge in [0, 0.05) is 18.0 Å². The second kappa shape index (κ2) is 17.1. The van der Waals surface area contributed by atoms with E-state index in [0.29, 0.717) is 6.10 Å². The minimum Gasteiger partial charge on any atom is -0.378 e. The molecule has 1 atom stereocenters. The molecule has 3 rings (SSSR count). The van der Waals surface area contributed by atoms with Gasteiger partial charge in [0.05, 0.1) is 12.7 Å². The molecule has 1 aromatic heterocycles. The lowest BCUT2D eigenvalue weighted by Crippen LogP contribution is -2.10. The summed E-state index contributed by atoms with van der Waals surface area (Å²) in [7, 11) is 0. The number of benzene rings is 2. The van der Waals surface area contributed by atoms with Crippen molar-refractivity contribution < 1.29 is 4.74 Å². The Kier molecular flexibility index (Phi) is 13.4. The smallest absolute Gasteiger partial charge is 0.159 e. The first-order valence-corrected chi connectivity index (χ1v) is 14.8. The summed E-state index contributed by atoms with van der Waals surface area (Å²) in [5, 5.41) is 0. The van der Waals surface area contributed by atoms with Crippen molar-refractivity contribution >= 4 is 0 Å². The summed E-state index contributed by atoms with van der Waals surface area (Å²) in [4.78, 5) is 9.25. The van der Waals surface area contributed by atoms with E-state index in [4.69, 9.17) is 4.74 Å². The van der Waals surface area contributed by atoms with Crippen LogP contribution in [0.1, 0.15) is 103 Å². The third-order valence-electron chi connectivity index (χ3n) is 7.21. The highest BCUT2D eigenvalue weighted by molar-refractivity contribution is 5.67. The van der Waals surface area contributed by atoms with Crippen molar-refractivity contribution in [2.45, 2.75) is 110 Å². The number of aromatic nitrogens is 2. The van der Waals surface area contributed by atoms with Crippen molar-refractivity contribution in [3.63, 3.8) is 0 Å². The minimum atomic E-state index is 0.357. The molecule has 0 aliphatic heterocycles. The first-order chi connectivity index (χ1) is 18.2. The van der Waals surface area contributed by atoms with Gasteiger partial charge in [-0.05, 0) is 54.9 Å². The van der Waals surface area contributed by atoms with Crippen LogP contribution in [0.2, 0.25) is 0 Å². The van der Waals surface area contributed by atoms with Crippen molar-refractivity contribution in [3.8, 4) is 22.5 Å². The molecule has 0 bridgehead atoms. The van der Waals surface area contributed by atoms with Crippen molar-refractivity contribution in [2.75, 3.05) is 6.61 Å². The molecule has 37 heavy (non-hydrogen) atoms. The third-order valence-corrected chi connectivity index (χ3v) is 7.21. The molecule has 0 amide bonds. The molecule has 2 aromatic carbocycles. The predicted octanol–water partition coefficient (Wildman–Crippen LogP) is 9.63. The van der Waals surface area contributed by atoms with E-state index in [-0.39, 0.29) is 0 Å². The quantitative estimate of drug-likeness (QED) is 0.163. The van der Waals surface area contributed by atoms with Crippen LogP contribution >= 0.6 is 0 Å². The van der Waals surface area contributed by atoms with Crippen LogP contribution in [0.25, 0.3) is 22.5 Å². The van der Waals surface area contributed by atoms with Gasteiger partial charge in [0.1, 0.15) is 0 Å². The number of rotatable bonds is 18. The Labute approximate surface area is 226 Å². The highest BCUT2D eigenvalue weighted by Crippen LogP contribution is 2.24. The zero-order valence-corrected chi connectivity index (χ0v) is 23.6. The molecule has 0 fully saturated rings. The average Bonchev–Trinajstić information content (AvgIpc) is 2.94. The first kappa shape index (κ1) is 29.0. The molecule has 0 radical (unpaired) electrons. The second-order valence-corrected chi connectivity index (χ2v) is 10.5. The van der Waals surface area contributed by atoms with Crippen molar-refractivity contribution in [1.82, 2.24) is 9.97 Å². The maximum atomic E-state index is 6.05. The summed E-state index contributed by atoms with van der Waals surface area (Å²) >= 11 is 0. The van der Waals surface area contributed by atoms with Crippen LogP contribution in [0.5, 0.6) is 0 Å². The van der Waals surface area contributed by atoms with Crippen molar-refractivity contribution in [1.29, 1.82) is 0 Å². The Morgan fingerprint density at radius 3 is 1.76 bits per heavy atom. The number of hydrogen-bond donors (Lipinski definition) is 0. The van der Waals surface area contributed by atoms with Crippen molar-refractivity contribution in [2.24, 2.45) is 0 Å². The SMILES string of the molecule is CCCCCCCc1cnc(-c2ccc(-c3ccc(CCO[C@H](C)CCCCCCC)cc3)cc2)nc1. The molecule has 200 valence electrons. The summed E-state index contributed by atoms with van der Waals surface area (Å²) in [5.41, 5.74) is 6.07. The number of aryl methyl sites for hydroxylation is 1. The summed E-state index contributed by atoms with van der Waals surface area (Å²) in [6.07, 6.45) is 20.7. The van der Waals surface area contributed by atoms with E-state index in [1.807, 2.05) is 12.4 Å². The summed E-state index contributed by atoms with van der Waals surface area (Å²) in [6, 6.07) is 17.5. The fourth-order valence-corrected chi connectivity index (χ4v) is 4.74. The highest BCUT2D eigenvalue weighted by Gasteiger charge is 2.05. The lowest BCUT2D eigenvalue weighted by molar-refractivity contribution is 0.0607. The number of nitrogens with zero attached hydrogens (tertiary/aromatic N) is 2. The molecule has 0 unspecified atom stereocenters. The minimum absolute atomic E-state index is 0.357. The van der Waals surface area contributed by atoms with Gasteiger partial charge in [0.25, 0.3) is 0 Å². The van der Waals surface area contributed by atoms with Gasteiger partial charge >= 0.3 is 0 Å². The molecule has 0 saturated carbocycles. The largest absolute Gasteiger partial charge is 0.378 e. The lowest BCUT2D eigenvalue weighted by Gasteiger charge is -2.13. The van der Waals surface area contributed by atoms with Gasteiger partial charge < -0.3 is 4.74 Å². The van der Waals surface area contributed by atoms with Crippen LogP contribution in [-0.2, 0) is 17.6 Å². The number of ether oxygens (including phenoxy) is 1. The topological polar surface area (TPSA) is 35.0 Å². The maximum Gasteiger partial charge on any atom is 0.159 e. The third kappa shape index (κ3) is 10.8. The van der Waals surface area contributed by atoms with Crippen LogP contribution in [0.15, 0.2) is 60.9 Å². The monoisotopic (exact) mass is 500 g/mol. The molecular formula is C34H48N2O. The summed E-state index contributed by atoms with van der Waals surface area (Å²) in [6.45, 7) is 7.52. The molecule has 3 heteroatoms. The number of unbranched alkanes of at least 4 members (excludes halogenated alkanes) is 8.